The van der Waals surface area contributed by atoms with E-state index < -0.39 is 11.6 Å². The van der Waals surface area contributed by atoms with Crippen molar-refractivity contribution in [2.24, 2.45) is 0 Å². The van der Waals surface area contributed by atoms with Crippen LogP contribution in [-0.2, 0) is 10.4 Å². The SMILES string of the molecule is CCC(C)c1ccc(C(C)(O)CC(=O)O)cc1. The number of aliphatic carboxylic acids is 1. The van der Waals surface area contributed by atoms with Crippen molar-refractivity contribution in [2.75, 3.05) is 0 Å². The molecule has 0 heterocycles. The molecule has 2 N–H and O–H groups in total. The molecular weight excluding hydrogens is 216 g/mol. The topological polar surface area (TPSA) is 57.5 Å². The van der Waals surface area contributed by atoms with Crippen LogP contribution >= 0.6 is 0 Å². The normalized spacial score (nSPS) is 16.2. The second-order valence-electron chi connectivity index (χ2n) is 4.78. The first-order chi connectivity index (χ1) is 7.86. The minimum absolute atomic E-state index is 0.282. The summed E-state index contributed by atoms with van der Waals surface area (Å²) < 4.78 is 0. The number of benzene rings is 1. The summed E-state index contributed by atoms with van der Waals surface area (Å²) in [4.78, 5) is 10.6. The molecular formula is C14H20O3. The summed E-state index contributed by atoms with van der Waals surface area (Å²) >= 11 is 0. The number of carbonyl (C=O) groups is 1. The summed E-state index contributed by atoms with van der Waals surface area (Å²) in [7, 11) is 0. The Morgan fingerprint density at radius 2 is 1.88 bits per heavy atom. The quantitative estimate of drug-likeness (QED) is 0.826. The predicted octanol–water partition coefficient (Wildman–Crippen LogP) is 2.88. The lowest BCUT2D eigenvalue weighted by atomic mass is 9.90. The van der Waals surface area contributed by atoms with E-state index in [1.54, 1.807) is 0 Å². The lowest BCUT2D eigenvalue weighted by Gasteiger charge is -2.22. The summed E-state index contributed by atoms with van der Waals surface area (Å²) in [5, 5.41) is 18.8. The van der Waals surface area contributed by atoms with Crippen LogP contribution in [0.2, 0.25) is 0 Å². The summed E-state index contributed by atoms with van der Waals surface area (Å²) in [6.45, 7) is 5.79. The molecule has 1 rings (SSSR count). The third-order valence-corrected chi connectivity index (χ3v) is 3.21. The first-order valence-corrected chi connectivity index (χ1v) is 5.91. The summed E-state index contributed by atoms with van der Waals surface area (Å²) in [5.74, 6) is -0.519. The van der Waals surface area contributed by atoms with Crippen LogP contribution in [0.25, 0.3) is 0 Å². The standard InChI is InChI=1S/C14H20O3/c1-4-10(2)11-5-7-12(8-6-11)14(3,17)9-13(15)16/h5-8,10,17H,4,9H2,1-3H3,(H,15,16). The predicted molar refractivity (Wildman–Crippen MR) is 67.0 cm³/mol. The Kier molecular flexibility index (Phi) is 4.29. The lowest BCUT2D eigenvalue weighted by Crippen LogP contribution is -2.25. The summed E-state index contributed by atoms with van der Waals surface area (Å²) in [6.07, 6.45) is 0.778. The van der Waals surface area contributed by atoms with E-state index in [4.69, 9.17) is 5.11 Å². The highest BCUT2D eigenvalue weighted by atomic mass is 16.4. The van der Waals surface area contributed by atoms with Crippen LogP contribution in [0.3, 0.4) is 0 Å². The van der Waals surface area contributed by atoms with Crippen molar-refractivity contribution in [1.29, 1.82) is 0 Å². The number of hydrogen-bond donors (Lipinski definition) is 2. The van der Waals surface area contributed by atoms with E-state index in [9.17, 15) is 9.90 Å². The van der Waals surface area contributed by atoms with Crippen molar-refractivity contribution < 1.29 is 15.0 Å². The molecule has 1 aromatic rings. The smallest absolute Gasteiger partial charge is 0.306 e. The van der Waals surface area contributed by atoms with Crippen LogP contribution < -0.4 is 0 Å². The molecule has 1 aromatic carbocycles. The molecule has 3 heteroatoms. The Balaban J connectivity index is 2.90. The highest BCUT2D eigenvalue weighted by Gasteiger charge is 2.26. The molecule has 0 bridgehead atoms. The van der Waals surface area contributed by atoms with Gasteiger partial charge in [0.15, 0.2) is 0 Å². The first kappa shape index (κ1) is 13.7. The molecule has 0 aliphatic carbocycles. The van der Waals surface area contributed by atoms with Gasteiger partial charge in [0.05, 0.1) is 12.0 Å². The van der Waals surface area contributed by atoms with Gasteiger partial charge in [-0.05, 0) is 30.4 Å². The van der Waals surface area contributed by atoms with Gasteiger partial charge in [0.1, 0.15) is 0 Å². The van der Waals surface area contributed by atoms with Crippen molar-refractivity contribution in [2.45, 2.75) is 45.1 Å². The maximum atomic E-state index is 10.6. The van der Waals surface area contributed by atoms with E-state index in [0.717, 1.165) is 6.42 Å². The molecule has 0 aromatic heterocycles. The van der Waals surface area contributed by atoms with Crippen LogP contribution in [0.5, 0.6) is 0 Å². The Labute approximate surface area is 102 Å². The van der Waals surface area contributed by atoms with Gasteiger partial charge in [-0.25, -0.2) is 0 Å². The molecule has 0 aliphatic heterocycles. The number of carboxylic acids is 1. The molecule has 0 spiro atoms. The highest BCUT2D eigenvalue weighted by molar-refractivity contribution is 5.68. The Morgan fingerprint density at radius 1 is 1.35 bits per heavy atom. The molecule has 0 radical (unpaired) electrons. The monoisotopic (exact) mass is 236 g/mol. The molecule has 0 amide bonds. The average Bonchev–Trinajstić information content (AvgIpc) is 2.26. The van der Waals surface area contributed by atoms with E-state index in [2.05, 4.69) is 13.8 Å². The van der Waals surface area contributed by atoms with Gasteiger partial charge in [0, 0.05) is 0 Å². The van der Waals surface area contributed by atoms with Crippen LogP contribution in [0.1, 0.15) is 50.7 Å². The zero-order valence-corrected chi connectivity index (χ0v) is 10.6. The zero-order chi connectivity index (χ0) is 13.1. The molecule has 0 saturated heterocycles. The van der Waals surface area contributed by atoms with Gasteiger partial charge in [-0.3, -0.25) is 4.79 Å². The lowest BCUT2D eigenvalue weighted by molar-refractivity contribution is -0.142. The number of carboxylic acid groups (broad SMARTS) is 1. The minimum Gasteiger partial charge on any atom is -0.481 e. The van der Waals surface area contributed by atoms with Crippen molar-refractivity contribution in [3.05, 3.63) is 35.4 Å². The molecule has 2 atom stereocenters. The van der Waals surface area contributed by atoms with E-state index in [-0.39, 0.29) is 6.42 Å². The second-order valence-corrected chi connectivity index (χ2v) is 4.78. The third kappa shape index (κ3) is 3.56. The number of aliphatic hydroxyl groups is 1. The maximum Gasteiger partial charge on any atom is 0.306 e. The van der Waals surface area contributed by atoms with Crippen LogP contribution in [0.4, 0.5) is 0 Å². The maximum absolute atomic E-state index is 10.6. The van der Waals surface area contributed by atoms with Gasteiger partial charge in [-0.15, -0.1) is 0 Å². The molecule has 17 heavy (non-hydrogen) atoms. The summed E-state index contributed by atoms with van der Waals surface area (Å²) in [6, 6.07) is 7.54. The van der Waals surface area contributed by atoms with Crippen molar-refractivity contribution >= 4 is 5.97 Å². The van der Waals surface area contributed by atoms with Gasteiger partial charge in [-0.1, -0.05) is 38.1 Å². The van der Waals surface area contributed by atoms with Crippen molar-refractivity contribution in [3.63, 3.8) is 0 Å². The van der Waals surface area contributed by atoms with Gasteiger partial charge in [0.2, 0.25) is 0 Å². The van der Waals surface area contributed by atoms with Crippen molar-refractivity contribution in [1.82, 2.24) is 0 Å². The van der Waals surface area contributed by atoms with Gasteiger partial charge in [0.25, 0.3) is 0 Å². The average molecular weight is 236 g/mol. The van der Waals surface area contributed by atoms with Gasteiger partial charge in [-0.2, -0.15) is 0 Å². The fraction of sp³-hybridized carbons (Fsp3) is 0.500. The highest BCUT2D eigenvalue weighted by Crippen LogP contribution is 2.27. The van der Waals surface area contributed by atoms with Crippen LogP contribution in [-0.4, -0.2) is 16.2 Å². The largest absolute Gasteiger partial charge is 0.481 e. The Morgan fingerprint density at radius 3 is 2.29 bits per heavy atom. The minimum atomic E-state index is -1.31. The third-order valence-electron chi connectivity index (χ3n) is 3.21. The number of hydrogen-bond acceptors (Lipinski definition) is 2. The molecule has 94 valence electrons. The summed E-state index contributed by atoms with van der Waals surface area (Å²) in [5.41, 5.74) is 0.550. The first-order valence-electron chi connectivity index (χ1n) is 5.91. The van der Waals surface area contributed by atoms with E-state index in [1.807, 2.05) is 24.3 Å². The zero-order valence-electron chi connectivity index (χ0n) is 10.6. The Bertz CT molecular complexity index is 379. The second kappa shape index (κ2) is 5.32. The van der Waals surface area contributed by atoms with E-state index >= 15 is 0 Å². The molecule has 0 saturated carbocycles. The molecule has 0 fully saturated rings. The Hall–Kier alpha value is -1.35. The van der Waals surface area contributed by atoms with Crippen molar-refractivity contribution in [3.8, 4) is 0 Å². The van der Waals surface area contributed by atoms with E-state index in [1.165, 1.54) is 12.5 Å². The fourth-order valence-corrected chi connectivity index (χ4v) is 1.80. The van der Waals surface area contributed by atoms with Gasteiger partial charge < -0.3 is 10.2 Å². The molecule has 3 nitrogen and oxygen atoms in total. The fourth-order valence-electron chi connectivity index (χ4n) is 1.80. The van der Waals surface area contributed by atoms with E-state index in [0.29, 0.717) is 11.5 Å². The molecule has 0 aliphatic rings. The van der Waals surface area contributed by atoms with Crippen LogP contribution in [0.15, 0.2) is 24.3 Å². The van der Waals surface area contributed by atoms with Crippen LogP contribution in [0, 0.1) is 0 Å². The molecule has 2 unspecified atom stereocenters. The van der Waals surface area contributed by atoms with Gasteiger partial charge >= 0.3 is 5.97 Å². The number of rotatable bonds is 5.